The van der Waals surface area contributed by atoms with Crippen molar-refractivity contribution in [3.63, 3.8) is 0 Å². The van der Waals surface area contributed by atoms with E-state index in [1.165, 1.54) is 6.07 Å². The van der Waals surface area contributed by atoms with Gasteiger partial charge >= 0.3 is 11.7 Å². The summed E-state index contributed by atoms with van der Waals surface area (Å²) in [5, 5.41) is 10.9. The zero-order valence-corrected chi connectivity index (χ0v) is 18.4. The highest BCUT2D eigenvalue weighted by molar-refractivity contribution is 5.72. The van der Waals surface area contributed by atoms with Crippen LogP contribution in [0, 0.1) is 10.1 Å². The van der Waals surface area contributed by atoms with E-state index in [-0.39, 0.29) is 11.7 Å². The Labute approximate surface area is 184 Å². The van der Waals surface area contributed by atoms with Crippen LogP contribution in [0.25, 0.3) is 0 Å². The fourth-order valence-electron chi connectivity index (χ4n) is 3.14. The van der Waals surface area contributed by atoms with Crippen molar-refractivity contribution in [3.8, 4) is 5.75 Å². The number of esters is 1. The topological polar surface area (TPSA) is 81.9 Å². The highest BCUT2D eigenvalue weighted by Crippen LogP contribution is 2.26. The second-order valence-corrected chi connectivity index (χ2v) is 7.65. The monoisotopic (exact) mass is 428 g/mol. The highest BCUT2D eigenvalue weighted by atomic mass is 16.6. The molecule has 2 rings (SSSR count). The Morgan fingerprint density at radius 3 is 2.16 bits per heavy atom. The minimum atomic E-state index is -0.428. The predicted molar refractivity (Wildman–Crippen MR) is 122 cm³/mol. The van der Waals surface area contributed by atoms with E-state index in [0.717, 1.165) is 49.8 Å². The van der Waals surface area contributed by atoms with Gasteiger partial charge in [0.1, 0.15) is 0 Å². The molecule has 0 atom stereocenters. The van der Waals surface area contributed by atoms with Gasteiger partial charge in [-0.1, -0.05) is 49.9 Å². The summed E-state index contributed by atoms with van der Waals surface area (Å²) in [7, 11) is 3.96. The van der Waals surface area contributed by atoms with E-state index in [4.69, 9.17) is 9.47 Å². The molecular formula is C24H32N2O5. The van der Waals surface area contributed by atoms with E-state index in [1.54, 1.807) is 18.2 Å². The van der Waals surface area contributed by atoms with Crippen LogP contribution in [0.15, 0.2) is 48.5 Å². The minimum absolute atomic E-state index is 0.00243. The Balaban J connectivity index is 1.47. The van der Waals surface area contributed by atoms with Gasteiger partial charge in [0.15, 0.2) is 5.75 Å². The smallest absolute Gasteiger partial charge is 0.310 e. The van der Waals surface area contributed by atoms with Gasteiger partial charge in [-0.3, -0.25) is 14.9 Å². The number of ether oxygens (including phenoxy) is 2. The van der Waals surface area contributed by atoms with Crippen molar-refractivity contribution in [1.82, 2.24) is 0 Å². The molecule has 0 saturated heterocycles. The third-order valence-corrected chi connectivity index (χ3v) is 4.92. The summed E-state index contributed by atoms with van der Waals surface area (Å²) in [6, 6.07) is 14.3. The molecule has 0 heterocycles. The number of hydrogen-bond donors (Lipinski definition) is 0. The lowest BCUT2D eigenvalue weighted by molar-refractivity contribution is -0.385. The largest absolute Gasteiger partial charge is 0.487 e. The standard InChI is InChI=1S/C24H32N2O5/c1-25(2)21-15-13-20(14-16-21)19-24(27)31-18-10-6-4-3-5-9-17-30-23-12-8-7-11-22(23)26(28)29/h7-8,11-16H,3-6,9-10,17-19H2,1-2H3. The van der Waals surface area contributed by atoms with Gasteiger partial charge in [-0.15, -0.1) is 0 Å². The number of hydrogen-bond acceptors (Lipinski definition) is 6. The van der Waals surface area contributed by atoms with Crippen molar-refractivity contribution >= 4 is 17.3 Å². The molecule has 0 unspecified atom stereocenters. The number of benzene rings is 2. The fraction of sp³-hybridized carbons (Fsp3) is 0.458. The quantitative estimate of drug-likeness (QED) is 0.179. The summed E-state index contributed by atoms with van der Waals surface area (Å²) in [5.74, 6) is 0.132. The molecule has 2 aromatic rings. The third kappa shape index (κ3) is 9.07. The Kier molecular flexibility index (Phi) is 10.3. The molecule has 7 heteroatoms. The molecule has 0 bridgehead atoms. The van der Waals surface area contributed by atoms with Crippen LogP contribution in [0.4, 0.5) is 11.4 Å². The Morgan fingerprint density at radius 1 is 0.903 bits per heavy atom. The molecule has 0 aliphatic heterocycles. The van der Waals surface area contributed by atoms with Gasteiger partial charge in [0.25, 0.3) is 0 Å². The van der Waals surface area contributed by atoms with Gasteiger partial charge in [0, 0.05) is 25.8 Å². The normalized spacial score (nSPS) is 10.5. The van der Waals surface area contributed by atoms with Gasteiger partial charge < -0.3 is 14.4 Å². The number of para-hydroxylation sites is 2. The average molecular weight is 429 g/mol. The van der Waals surface area contributed by atoms with E-state index >= 15 is 0 Å². The Hall–Kier alpha value is -3.09. The number of anilines is 1. The van der Waals surface area contributed by atoms with Crippen LogP contribution in [0.3, 0.4) is 0 Å². The lowest BCUT2D eigenvalue weighted by atomic mass is 10.1. The molecular weight excluding hydrogens is 396 g/mol. The first kappa shape index (κ1) is 24.2. The van der Waals surface area contributed by atoms with E-state index < -0.39 is 4.92 Å². The average Bonchev–Trinajstić information content (AvgIpc) is 2.75. The maximum Gasteiger partial charge on any atom is 0.310 e. The van der Waals surface area contributed by atoms with Crippen LogP contribution in [0.2, 0.25) is 0 Å². The summed E-state index contributed by atoms with van der Waals surface area (Å²) in [5.41, 5.74) is 2.06. The zero-order chi connectivity index (χ0) is 22.5. The minimum Gasteiger partial charge on any atom is -0.487 e. The van der Waals surface area contributed by atoms with Gasteiger partial charge in [-0.2, -0.15) is 0 Å². The number of rotatable bonds is 14. The Morgan fingerprint density at radius 2 is 1.52 bits per heavy atom. The summed E-state index contributed by atoms with van der Waals surface area (Å²) in [6.07, 6.45) is 6.15. The SMILES string of the molecule is CN(C)c1ccc(CC(=O)OCCCCCCCCOc2ccccc2[N+](=O)[O-])cc1. The molecule has 0 aliphatic rings. The summed E-state index contributed by atoms with van der Waals surface area (Å²) in [6.45, 7) is 0.924. The molecule has 0 aromatic heterocycles. The Bertz CT molecular complexity index is 821. The molecule has 168 valence electrons. The molecule has 31 heavy (non-hydrogen) atoms. The molecule has 0 radical (unpaired) electrons. The van der Waals surface area contributed by atoms with E-state index in [9.17, 15) is 14.9 Å². The second kappa shape index (κ2) is 13.3. The van der Waals surface area contributed by atoms with Crippen molar-refractivity contribution in [2.24, 2.45) is 0 Å². The lowest BCUT2D eigenvalue weighted by Gasteiger charge is -2.12. The molecule has 0 fully saturated rings. The summed E-state index contributed by atoms with van der Waals surface area (Å²) in [4.78, 5) is 24.5. The van der Waals surface area contributed by atoms with Crippen molar-refractivity contribution in [2.75, 3.05) is 32.2 Å². The number of nitro benzene ring substituents is 1. The molecule has 0 N–H and O–H groups in total. The fourth-order valence-corrected chi connectivity index (χ4v) is 3.14. The first-order valence-corrected chi connectivity index (χ1v) is 10.8. The summed E-state index contributed by atoms with van der Waals surface area (Å²) < 4.78 is 10.9. The van der Waals surface area contributed by atoms with Crippen LogP contribution in [0.5, 0.6) is 5.75 Å². The van der Waals surface area contributed by atoms with Crippen molar-refractivity contribution in [3.05, 3.63) is 64.2 Å². The van der Waals surface area contributed by atoms with Gasteiger partial charge in [0.2, 0.25) is 0 Å². The van der Waals surface area contributed by atoms with Gasteiger partial charge in [0.05, 0.1) is 24.6 Å². The van der Waals surface area contributed by atoms with Crippen LogP contribution in [0.1, 0.15) is 44.1 Å². The zero-order valence-electron chi connectivity index (χ0n) is 18.4. The van der Waals surface area contributed by atoms with E-state index in [2.05, 4.69) is 0 Å². The highest BCUT2D eigenvalue weighted by Gasteiger charge is 2.13. The van der Waals surface area contributed by atoms with Gasteiger partial charge in [-0.05, 0) is 36.6 Å². The number of carbonyl (C=O) groups excluding carboxylic acids is 1. The molecule has 0 spiro atoms. The predicted octanol–water partition coefficient (Wildman–Crippen LogP) is 5.17. The van der Waals surface area contributed by atoms with Crippen molar-refractivity contribution < 1.29 is 19.2 Å². The van der Waals surface area contributed by atoms with Crippen LogP contribution >= 0.6 is 0 Å². The third-order valence-electron chi connectivity index (χ3n) is 4.92. The maximum atomic E-state index is 11.9. The summed E-state index contributed by atoms with van der Waals surface area (Å²) >= 11 is 0. The second-order valence-electron chi connectivity index (χ2n) is 7.65. The number of nitro groups is 1. The van der Waals surface area contributed by atoms with E-state index in [1.807, 2.05) is 43.3 Å². The number of unbranched alkanes of at least 4 members (excludes halogenated alkanes) is 5. The molecule has 2 aromatic carbocycles. The van der Waals surface area contributed by atoms with Crippen LogP contribution < -0.4 is 9.64 Å². The van der Waals surface area contributed by atoms with Crippen LogP contribution in [-0.2, 0) is 16.0 Å². The number of nitrogens with zero attached hydrogens (tertiary/aromatic N) is 2. The van der Waals surface area contributed by atoms with E-state index in [0.29, 0.717) is 25.4 Å². The lowest BCUT2D eigenvalue weighted by Crippen LogP contribution is -2.10. The maximum absolute atomic E-state index is 11.9. The van der Waals surface area contributed by atoms with Crippen molar-refractivity contribution in [1.29, 1.82) is 0 Å². The molecule has 0 saturated carbocycles. The molecule has 0 amide bonds. The number of carbonyl (C=O) groups is 1. The van der Waals surface area contributed by atoms with Gasteiger partial charge in [-0.25, -0.2) is 0 Å². The molecule has 7 nitrogen and oxygen atoms in total. The first-order chi connectivity index (χ1) is 15.0. The first-order valence-electron chi connectivity index (χ1n) is 10.8. The van der Waals surface area contributed by atoms with Crippen molar-refractivity contribution in [2.45, 2.75) is 44.9 Å². The molecule has 0 aliphatic carbocycles. The van der Waals surface area contributed by atoms with Crippen LogP contribution in [-0.4, -0.2) is 38.2 Å².